The maximum absolute atomic E-state index is 12.5. The molecule has 27 heavy (non-hydrogen) atoms. The number of hydrogen-bond acceptors (Lipinski definition) is 5. The quantitative estimate of drug-likeness (QED) is 0.614. The summed E-state index contributed by atoms with van der Waals surface area (Å²) in [4.78, 5) is 22.9. The van der Waals surface area contributed by atoms with Crippen molar-refractivity contribution in [1.82, 2.24) is 0 Å². The van der Waals surface area contributed by atoms with E-state index in [4.69, 9.17) is 11.6 Å². The number of rotatable bonds is 4. The minimum Gasteiger partial charge on any atom is -0.316 e. The third kappa shape index (κ3) is 4.04. The molecule has 1 saturated heterocycles. The molecule has 0 saturated carbocycles. The highest BCUT2D eigenvalue weighted by Gasteiger charge is 2.27. The van der Waals surface area contributed by atoms with Crippen LogP contribution in [0.5, 0.6) is 0 Å². The van der Waals surface area contributed by atoms with Crippen LogP contribution in [0.25, 0.3) is 0 Å². The summed E-state index contributed by atoms with van der Waals surface area (Å²) in [6.07, 6.45) is 1.36. The van der Waals surface area contributed by atoms with Crippen LogP contribution in [0.4, 0.5) is 17.1 Å². The van der Waals surface area contributed by atoms with Crippen LogP contribution in [0.3, 0.4) is 0 Å². The molecule has 1 amide bonds. The summed E-state index contributed by atoms with van der Waals surface area (Å²) in [6.45, 7) is 0.362. The van der Waals surface area contributed by atoms with E-state index in [1.165, 1.54) is 40.7 Å². The second-order valence-electron chi connectivity index (χ2n) is 5.99. The van der Waals surface area contributed by atoms with Crippen molar-refractivity contribution < 1.29 is 18.1 Å². The number of nitrogens with zero attached hydrogens (tertiary/aromatic N) is 2. The van der Waals surface area contributed by atoms with Gasteiger partial charge in [0.15, 0.2) is 0 Å². The summed E-state index contributed by atoms with van der Waals surface area (Å²) in [5.41, 5.74) is 0.291. The fraction of sp³-hybridized carbons (Fsp3) is 0.235. The predicted molar refractivity (Wildman–Crippen MR) is 103 cm³/mol. The Morgan fingerprint density at radius 3 is 2.59 bits per heavy atom. The zero-order valence-corrected chi connectivity index (χ0v) is 15.7. The average molecular weight is 410 g/mol. The maximum atomic E-state index is 12.5. The molecule has 1 aliphatic rings. The van der Waals surface area contributed by atoms with Crippen molar-refractivity contribution >= 4 is 44.6 Å². The van der Waals surface area contributed by atoms with Gasteiger partial charge in [-0.25, -0.2) is 8.42 Å². The van der Waals surface area contributed by atoms with Crippen LogP contribution in [-0.2, 0) is 10.0 Å². The van der Waals surface area contributed by atoms with Gasteiger partial charge in [-0.15, -0.1) is 0 Å². The van der Waals surface area contributed by atoms with E-state index in [0.29, 0.717) is 18.7 Å². The number of para-hydroxylation sites is 2. The van der Waals surface area contributed by atoms with Gasteiger partial charge in [-0.2, -0.15) is 0 Å². The molecule has 0 aliphatic carbocycles. The monoisotopic (exact) mass is 409 g/mol. The minimum absolute atomic E-state index is 0.0475. The molecular formula is C17H16ClN3O5S. The molecule has 0 radical (unpaired) electrons. The van der Waals surface area contributed by atoms with Gasteiger partial charge in [0.25, 0.3) is 11.6 Å². The van der Waals surface area contributed by atoms with Crippen molar-refractivity contribution in [2.24, 2.45) is 0 Å². The Labute approximate surface area is 160 Å². The van der Waals surface area contributed by atoms with Gasteiger partial charge in [0.1, 0.15) is 5.69 Å². The number of halogens is 1. The van der Waals surface area contributed by atoms with E-state index in [2.05, 4.69) is 5.32 Å². The first-order valence-corrected chi connectivity index (χ1v) is 10.1. The highest BCUT2D eigenvalue weighted by molar-refractivity contribution is 7.92. The largest absolute Gasteiger partial charge is 0.316 e. The van der Waals surface area contributed by atoms with Crippen LogP contribution >= 0.6 is 11.6 Å². The van der Waals surface area contributed by atoms with Crippen molar-refractivity contribution in [3.8, 4) is 0 Å². The van der Waals surface area contributed by atoms with E-state index in [-0.39, 0.29) is 27.7 Å². The van der Waals surface area contributed by atoms with Crippen molar-refractivity contribution in [1.29, 1.82) is 0 Å². The van der Waals surface area contributed by atoms with Crippen LogP contribution in [-0.4, -0.2) is 31.5 Å². The topological polar surface area (TPSA) is 110 Å². The smallest absolute Gasteiger partial charge is 0.292 e. The van der Waals surface area contributed by atoms with Crippen molar-refractivity contribution in [2.45, 2.75) is 12.8 Å². The number of nitro benzene ring substituents is 1. The third-order valence-corrected chi connectivity index (χ3v) is 6.37. The SMILES string of the molecule is O=C(Nc1ccccc1[N+](=O)[O-])c1ccc(N2CCCCS2(=O)=O)cc1Cl. The molecule has 3 rings (SSSR count). The lowest BCUT2D eigenvalue weighted by molar-refractivity contribution is -0.383. The zero-order valence-electron chi connectivity index (χ0n) is 14.1. The van der Waals surface area contributed by atoms with Gasteiger partial charge >= 0.3 is 0 Å². The van der Waals surface area contributed by atoms with Gasteiger partial charge in [-0.05, 0) is 37.1 Å². The fourth-order valence-corrected chi connectivity index (χ4v) is 4.74. The molecule has 1 aliphatic heterocycles. The fourth-order valence-electron chi connectivity index (χ4n) is 2.85. The molecule has 0 unspecified atom stereocenters. The van der Waals surface area contributed by atoms with E-state index < -0.39 is 20.9 Å². The number of nitrogens with one attached hydrogen (secondary N) is 1. The minimum atomic E-state index is -3.39. The normalized spacial score (nSPS) is 16.0. The Morgan fingerprint density at radius 2 is 1.93 bits per heavy atom. The van der Waals surface area contributed by atoms with Crippen molar-refractivity contribution in [3.63, 3.8) is 0 Å². The van der Waals surface area contributed by atoms with E-state index >= 15 is 0 Å². The zero-order chi connectivity index (χ0) is 19.6. The summed E-state index contributed by atoms with van der Waals surface area (Å²) in [7, 11) is -3.39. The van der Waals surface area contributed by atoms with Gasteiger partial charge in [-0.3, -0.25) is 19.2 Å². The highest BCUT2D eigenvalue weighted by atomic mass is 35.5. The van der Waals surface area contributed by atoms with Crippen molar-refractivity contribution in [3.05, 3.63) is 63.2 Å². The summed E-state index contributed by atoms with van der Waals surface area (Å²) in [5.74, 6) is -0.549. The summed E-state index contributed by atoms with van der Waals surface area (Å²) in [5, 5.41) is 13.6. The van der Waals surface area contributed by atoms with Crippen LogP contribution in [0.1, 0.15) is 23.2 Å². The first-order valence-electron chi connectivity index (χ1n) is 8.14. The molecule has 1 heterocycles. The Morgan fingerprint density at radius 1 is 1.19 bits per heavy atom. The van der Waals surface area contributed by atoms with Gasteiger partial charge in [0, 0.05) is 12.6 Å². The third-order valence-electron chi connectivity index (χ3n) is 4.18. The van der Waals surface area contributed by atoms with E-state index in [9.17, 15) is 23.3 Å². The number of anilines is 2. The Balaban J connectivity index is 1.86. The molecule has 10 heteroatoms. The number of nitro groups is 1. The van der Waals surface area contributed by atoms with E-state index in [1.54, 1.807) is 6.07 Å². The molecule has 0 aromatic heterocycles. The number of carbonyl (C=O) groups is 1. The summed E-state index contributed by atoms with van der Waals surface area (Å²) >= 11 is 6.19. The molecule has 0 bridgehead atoms. The number of sulfonamides is 1. The lowest BCUT2D eigenvalue weighted by atomic mass is 10.1. The lowest BCUT2D eigenvalue weighted by Crippen LogP contribution is -2.37. The standard InChI is InChI=1S/C17H16ClN3O5S/c18-14-11-12(20-9-3-4-10-27(20,25)26)7-8-13(14)17(22)19-15-5-1-2-6-16(15)21(23)24/h1-2,5-8,11H,3-4,9-10H2,(H,19,22). The summed E-state index contributed by atoms with van der Waals surface area (Å²) < 4.78 is 25.7. The number of carbonyl (C=O) groups excluding carboxylic acids is 1. The molecule has 0 spiro atoms. The molecule has 8 nitrogen and oxygen atoms in total. The molecule has 2 aromatic carbocycles. The Kier molecular flexibility index (Phi) is 5.33. The number of hydrogen-bond donors (Lipinski definition) is 1. The molecule has 0 atom stereocenters. The van der Waals surface area contributed by atoms with E-state index in [0.717, 1.165) is 6.42 Å². The highest BCUT2D eigenvalue weighted by Crippen LogP contribution is 2.30. The van der Waals surface area contributed by atoms with Crippen molar-refractivity contribution in [2.75, 3.05) is 21.9 Å². The van der Waals surface area contributed by atoms with Crippen LogP contribution in [0, 0.1) is 10.1 Å². The molecule has 2 aromatic rings. The number of amides is 1. The molecule has 142 valence electrons. The number of benzene rings is 2. The molecular weight excluding hydrogens is 394 g/mol. The van der Waals surface area contributed by atoms with Crippen LogP contribution in [0.2, 0.25) is 5.02 Å². The second kappa shape index (κ2) is 7.53. The Bertz CT molecular complexity index is 1010. The van der Waals surface area contributed by atoms with Gasteiger partial charge in [-0.1, -0.05) is 23.7 Å². The van der Waals surface area contributed by atoms with Gasteiger partial charge in [0.2, 0.25) is 10.0 Å². The summed E-state index contributed by atoms with van der Waals surface area (Å²) in [6, 6.07) is 10.1. The lowest BCUT2D eigenvalue weighted by Gasteiger charge is -2.28. The second-order valence-corrected chi connectivity index (χ2v) is 8.41. The maximum Gasteiger partial charge on any atom is 0.292 e. The predicted octanol–water partition coefficient (Wildman–Crippen LogP) is 3.43. The molecule has 1 fully saturated rings. The Hall–Kier alpha value is -2.65. The first kappa shape index (κ1) is 19.1. The van der Waals surface area contributed by atoms with Crippen LogP contribution in [0.15, 0.2) is 42.5 Å². The molecule has 1 N–H and O–H groups in total. The van der Waals surface area contributed by atoms with Gasteiger partial charge in [0.05, 0.1) is 26.9 Å². The van der Waals surface area contributed by atoms with Gasteiger partial charge < -0.3 is 5.32 Å². The van der Waals surface area contributed by atoms with Crippen LogP contribution < -0.4 is 9.62 Å². The average Bonchev–Trinajstić information content (AvgIpc) is 2.61. The first-order chi connectivity index (χ1) is 12.8. The van der Waals surface area contributed by atoms with E-state index in [1.807, 2.05) is 0 Å².